The third kappa shape index (κ3) is 4.92. The number of nitrogens with one attached hydrogen (secondary N) is 1. The van der Waals surface area contributed by atoms with E-state index in [4.69, 9.17) is 4.74 Å². The van der Waals surface area contributed by atoms with E-state index in [2.05, 4.69) is 10.3 Å². The van der Waals surface area contributed by atoms with Gasteiger partial charge in [0.1, 0.15) is 9.88 Å². The minimum atomic E-state index is -0.380. The van der Waals surface area contributed by atoms with Gasteiger partial charge in [-0.3, -0.25) is 4.79 Å². The molecule has 3 rings (SSSR count). The Balaban J connectivity index is 1.68. The number of benzene rings is 2. The molecule has 1 N–H and O–H groups in total. The summed E-state index contributed by atoms with van der Waals surface area (Å²) in [4.78, 5) is 29.1. The summed E-state index contributed by atoms with van der Waals surface area (Å²) < 4.78 is 4.85. The molecule has 0 aliphatic heterocycles. The molecule has 28 heavy (non-hydrogen) atoms. The molecule has 6 heteroatoms. The van der Waals surface area contributed by atoms with E-state index < -0.39 is 0 Å². The smallest absolute Gasteiger partial charge is 0.330 e. The van der Waals surface area contributed by atoms with E-state index in [9.17, 15) is 9.59 Å². The molecular weight excluding hydrogens is 372 g/mol. The van der Waals surface area contributed by atoms with Crippen molar-refractivity contribution in [3.8, 4) is 10.6 Å². The Morgan fingerprint density at radius 3 is 2.50 bits per heavy atom. The zero-order valence-corrected chi connectivity index (χ0v) is 16.5. The van der Waals surface area contributed by atoms with Crippen LogP contribution in [0.2, 0.25) is 0 Å². The molecule has 0 spiro atoms. The van der Waals surface area contributed by atoms with E-state index in [1.54, 1.807) is 25.1 Å². The third-order valence-electron chi connectivity index (χ3n) is 3.89. The second-order valence-corrected chi connectivity index (χ2v) is 6.96. The van der Waals surface area contributed by atoms with Gasteiger partial charge in [0.25, 0.3) is 5.91 Å². The largest absolute Gasteiger partial charge is 0.463 e. The Morgan fingerprint density at radius 2 is 1.82 bits per heavy atom. The van der Waals surface area contributed by atoms with E-state index in [1.807, 2.05) is 49.4 Å². The fourth-order valence-corrected chi connectivity index (χ4v) is 3.50. The Hall–Kier alpha value is -3.25. The number of aryl methyl sites for hydroxylation is 1. The summed E-state index contributed by atoms with van der Waals surface area (Å²) in [6.07, 6.45) is 3.05. The molecule has 1 heterocycles. The molecule has 0 radical (unpaired) electrons. The molecule has 0 atom stereocenters. The predicted octanol–water partition coefficient (Wildman–Crippen LogP) is 4.95. The minimum absolute atomic E-state index is 0.188. The highest BCUT2D eigenvalue weighted by Gasteiger charge is 2.16. The minimum Gasteiger partial charge on any atom is -0.463 e. The van der Waals surface area contributed by atoms with E-state index in [1.165, 1.54) is 17.4 Å². The molecule has 0 unspecified atom stereocenters. The highest BCUT2D eigenvalue weighted by atomic mass is 32.1. The van der Waals surface area contributed by atoms with E-state index in [0.717, 1.165) is 16.1 Å². The number of carbonyl (C=O) groups is 2. The van der Waals surface area contributed by atoms with E-state index in [-0.39, 0.29) is 11.9 Å². The van der Waals surface area contributed by atoms with Gasteiger partial charge in [-0.15, -0.1) is 11.3 Å². The van der Waals surface area contributed by atoms with Crippen LogP contribution in [0.25, 0.3) is 16.6 Å². The Bertz CT molecular complexity index is 992. The van der Waals surface area contributed by atoms with Crippen LogP contribution in [0.3, 0.4) is 0 Å². The fourth-order valence-electron chi connectivity index (χ4n) is 2.53. The lowest BCUT2D eigenvalue weighted by Crippen LogP contribution is -2.11. The Labute approximate surface area is 167 Å². The maximum atomic E-state index is 12.6. The molecule has 0 aliphatic rings. The van der Waals surface area contributed by atoms with Crippen molar-refractivity contribution in [2.45, 2.75) is 13.8 Å². The first-order valence-corrected chi connectivity index (χ1v) is 9.67. The lowest BCUT2D eigenvalue weighted by atomic mass is 10.2. The predicted molar refractivity (Wildman–Crippen MR) is 112 cm³/mol. The van der Waals surface area contributed by atoms with E-state index >= 15 is 0 Å². The molecule has 1 aromatic heterocycles. The van der Waals surface area contributed by atoms with Crippen molar-refractivity contribution in [1.82, 2.24) is 4.98 Å². The van der Waals surface area contributed by atoms with E-state index in [0.29, 0.717) is 22.9 Å². The lowest BCUT2D eigenvalue weighted by molar-refractivity contribution is -0.137. The summed E-state index contributed by atoms with van der Waals surface area (Å²) in [5.41, 5.74) is 3.21. The van der Waals surface area contributed by atoms with Gasteiger partial charge in [-0.05, 0) is 37.6 Å². The number of amides is 1. The molecule has 142 valence electrons. The number of anilines is 1. The Morgan fingerprint density at radius 1 is 1.11 bits per heavy atom. The van der Waals surface area contributed by atoms with Gasteiger partial charge in [-0.1, -0.05) is 42.5 Å². The molecule has 0 saturated carbocycles. The summed E-state index contributed by atoms with van der Waals surface area (Å²) in [7, 11) is 0. The van der Waals surface area contributed by atoms with Crippen LogP contribution < -0.4 is 5.32 Å². The van der Waals surface area contributed by atoms with Gasteiger partial charge in [-0.2, -0.15) is 0 Å². The highest BCUT2D eigenvalue weighted by molar-refractivity contribution is 7.17. The average Bonchev–Trinajstić information content (AvgIpc) is 3.10. The number of hydrogen-bond acceptors (Lipinski definition) is 5. The highest BCUT2D eigenvalue weighted by Crippen LogP contribution is 2.28. The number of ether oxygens (including phenoxy) is 1. The van der Waals surface area contributed by atoms with Crippen molar-refractivity contribution >= 4 is 35.0 Å². The van der Waals surface area contributed by atoms with Crippen LogP contribution in [0.4, 0.5) is 5.69 Å². The Kier molecular flexibility index (Phi) is 6.34. The fraction of sp³-hybridized carbons (Fsp3) is 0.136. The van der Waals surface area contributed by atoms with Crippen LogP contribution in [0.1, 0.15) is 27.9 Å². The quantitative estimate of drug-likeness (QED) is 0.476. The molecular formula is C22H20N2O3S. The van der Waals surface area contributed by atoms with Crippen LogP contribution in [0.15, 0.2) is 60.7 Å². The summed E-state index contributed by atoms with van der Waals surface area (Å²) in [6, 6.07) is 17.0. The molecule has 0 fully saturated rings. The average molecular weight is 392 g/mol. The van der Waals surface area contributed by atoms with Gasteiger partial charge >= 0.3 is 5.97 Å². The molecule has 1 amide bonds. The van der Waals surface area contributed by atoms with Gasteiger partial charge < -0.3 is 10.1 Å². The normalized spacial score (nSPS) is 10.8. The first-order chi connectivity index (χ1) is 13.6. The third-order valence-corrected chi connectivity index (χ3v) is 5.10. The standard InChI is InChI=1S/C22H20N2O3S/c1-3-27-19(25)14-11-16-9-12-18(13-10-16)24-21(26)20-15(2)23-22(28-20)17-7-5-4-6-8-17/h4-14H,3H2,1-2H3,(H,24,26)/b14-11+. The van der Waals surface area contributed by atoms with Crippen LogP contribution in [-0.4, -0.2) is 23.5 Å². The van der Waals surface area contributed by atoms with Crippen molar-refractivity contribution in [2.24, 2.45) is 0 Å². The SMILES string of the molecule is CCOC(=O)/C=C/c1ccc(NC(=O)c2sc(-c3ccccc3)nc2C)cc1. The topological polar surface area (TPSA) is 68.3 Å². The van der Waals surface area contributed by atoms with Crippen molar-refractivity contribution in [2.75, 3.05) is 11.9 Å². The number of carbonyl (C=O) groups excluding carboxylic acids is 2. The number of hydrogen-bond donors (Lipinski definition) is 1. The maximum absolute atomic E-state index is 12.6. The zero-order chi connectivity index (χ0) is 19.9. The molecule has 0 bridgehead atoms. The molecule has 2 aromatic carbocycles. The summed E-state index contributed by atoms with van der Waals surface area (Å²) in [5.74, 6) is -0.568. The maximum Gasteiger partial charge on any atom is 0.330 e. The molecule has 0 aliphatic carbocycles. The van der Waals surface area contributed by atoms with Gasteiger partial charge in [0.2, 0.25) is 0 Å². The first kappa shape index (κ1) is 19.5. The monoisotopic (exact) mass is 392 g/mol. The molecule has 0 saturated heterocycles. The van der Waals surface area contributed by atoms with Crippen LogP contribution in [-0.2, 0) is 9.53 Å². The number of aromatic nitrogens is 1. The second-order valence-electron chi connectivity index (χ2n) is 5.96. The summed E-state index contributed by atoms with van der Waals surface area (Å²) >= 11 is 1.37. The van der Waals surface area contributed by atoms with Gasteiger partial charge in [0, 0.05) is 17.3 Å². The lowest BCUT2D eigenvalue weighted by Gasteiger charge is -2.04. The molecule has 5 nitrogen and oxygen atoms in total. The van der Waals surface area contributed by atoms with Crippen LogP contribution in [0, 0.1) is 6.92 Å². The van der Waals surface area contributed by atoms with Gasteiger partial charge in [0.15, 0.2) is 0 Å². The first-order valence-electron chi connectivity index (χ1n) is 8.86. The van der Waals surface area contributed by atoms with Gasteiger partial charge in [0.05, 0.1) is 12.3 Å². The van der Waals surface area contributed by atoms with Crippen molar-refractivity contribution in [3.05, 3.63) is 76.8 Å². The van der Waals surface area contributed by atoms with Crippen molar-refractivity contribution in [3.63, 3.8) is 0 Å². The number of esters is 1. The number of thiazole rings is 1. The summed E-state index contributed by atoms with van der Waals surface area (Å²) in [6.45, 7) is 3.94. The second kappa shape index (κ2) is 9.10. The number of rotatable bonds is 6. The van der Waals surface area contributed by atoms with Crippen molar-refractivity contribution in [1.29, 1.82) is 0 Å². The van der Waals surface area contributed by atoms with Gasteiger partial charge in [-0.25, -0.2) is 9.78 Å². The van der Waals surface area contributed by atoms with Crippen molar-refractivity contribution < 1.29 is 14.3 Å². The zero-order valence-electron chi connectivity index (χ0n) is 15.6. The molecule has 3 aromatic rings. The number of nitrogens with zero attached hydrogens (tertiary/aromatic N) is 1. The van der Waals surface area contributed by atoms with Crippen LogP contribution in [0.5, 0.6) is 0 Å². The summed E-state index contributed by atoms with van der Waals surface area (Å²) in [5, 5.41) is 3.71. The van der Waals surface area contributed by atoms with Crippen LogP contribution >= 0.6 is 11.3 Å².